The number of piperidine rings is 1. The second-order valence-corrected chi connectivity index (χ2v) is 7.28. The van der Waals surface area contributed by atoms with Crippen LogP contribution in [0.3, 0.4) is 0 Å². The van der Waals surface area contributed by atoms with Gasteiger partial charge in [-0.1, -0.05) is 30.3 Å². The molecule has 28 heavy (non-hydrogen) atoms. The summed E-state index contributed by atoms with van der Waals surface area (Å²) in [4.78, 5) is 26.7. The number of benzene rings is 2. The highest BCUT2D eigenvalue weighted by atomic mass is 16.5. The molecule has 0 aliphatic carbocycles. The number of rotatable bonds is 7. The molecule has 0 atom stereocenters. The average Bonchev–Trinajstić information content (AvgIpc) is 2.72. The number of likely N-dealkylation sites (tertiary alicyclic amines) is 1. The molecule has 5 nitrogen and oxygen atoms in total. The zero-order chi connectivity index (χ0) is 19.8. The Morgan fingerprint density at radius 3 is 2.54 bits per heavy atom. The van der Waals surface area contributed by atoms with E-state index in [1.165, 1.54) is 0 Å². The van der Waals surface area contributed by atoms with E-state index in [-0.39, 0.29) is 17.7 Å². The second-order valence-electron chi connectivity index (χ2n) is 7.28. The van der Waals surface area contributed by atoms with Crippen LogP contribution < -0.4 is 10.1 Å². The minimum atomic E-state index is -0.0334. The van der Waals surface area contributed by atoms with E-state index in [2.05, 4.69) is 5.32 Å². The van der Waals surface area contributed by atoms with Gasteiger partial charge in [0.2, 0.25) is 11.8 Å². The largest absolute Gasteiger partial charge is 0.494 e. The third-order valence-corrected chi connectivity index (χ3v) is 5.05. The van der Waals surface area contributed by atoms with Crippen LogP contribution in [0.1, 0.15) is 31.2 Å². The van der Waals surface area contributed by atoms with Gasteiger partial charge in [0.15, 0.2) is 0 Å². The van der Waals surface area contributed by atoms with E-state index in [1.54, 1.807) is 0 Å². The molecular weight excluding hydrogens is 352 g/mol. The van der Waals surface area contributed by atoms with Crippen LogP contribution in [0.5, 0.6) is 5.75 Å². The van der Waals surface area contributed by atoms with Gasteiger partial charge < -0.3 is 15.0 Å². The number of para-hydroxylation sites is 1. The molecule has 2 amide bonds. The molecule has 0 saturated carbocycles. The second kappa shape index (κ2) is 9.93. The van der Waals surface area contributed by atoms with E-state index >= 15 is 0 Å². The van der Waals surface area contributed by atoms with Gasteiger partial charge in [0, 0.05) is 31.1 Å². The summed E-state index contributed by atoms with van der Waals surface area (Å²) in [6.07, 6.45) is 2.60. The van der Waals surface area contributed by atoms with Crippen molar-refractivity contribution < 1.29 is 14.3 Å². The monoisotopic (exact) mass is 380 g/mol. The van der Waals surface area contributed by atoms with Crippen LogP contribution in [0.15, 0.2) is 54.6 Å². The highest BCUT2D eigenvalue weighted by Crippen LogP contribution is 2.20. The summed E-state index contributed by atoms with van der Waals surface area (Å²) in [6.45, 7) is 3.85. The number of ether oxygens (including phenoxy) is 1. The first-order valence-corrected chi connectivity index (χ1v) is 9.95. The van der Waals surface area contributed by atoms with Gasteiger partial charge in [-0.25, -0.2) is 0 Å². The number of amides is 2. The molecule has 2 aromatic carbocycles. The third-order valence-electron chi connectivity index (χ3n) is 5.05. The van der Waals surface area contributed by atoms with Gasteiger partial charge in [0.25, 0.3) is 0 Å². The highest BCUT2D eigenvalue weighted by molar-refractivity contribution is 5.92. The van der Waals surface area contributed by atoms with Gasteiger partial charge in [-0.05, 0) is 56.0 Å². The Morgan fingerprint density at radius 2 is 1.82 bits per heavy atom. The molecule has 0 spiro atoms. The lowest BCUT2D eigenvalue weighted by Crippen LogP contribution is -2.41. The van der Waals surface area contributed by atoms with Crippen molar-refractivity contribution in [3.63, 3.8) is 0 Å². The molecule has 3 rings (SSSR count). The molecule has 1 N–H and O–H groups in total. The van der Waals surface area contributed by atoms with Crippen LogP contribution >= 0.6 is 0 Å². The smallest absolute Gasteiger partial charge is 0.227 e. The van der Waals surface area contributed by atoms with E-state index in [4.69, 9.17) is 4.74 Å². The highest BCUT2D eigenvalue weighted by Gasteiger charge is 2.27. The molecule has 0 radical (unpaired) electrons. The number of aryl methyl sites for hydroxylation is 1. The maximum absolute atomic E-state index is 12.4. The topological polar surface area (TPSA) is 58.6 Å². The summed E-state index contributed by atoms with van der Waals surface area (Å²) in [6, 6.07) is 17.4. The van der Waals surface area contributed by atoms with E-state index in [0.29, 0.717) is 45.4 Å². The summed E-state index contributed by atoms with van der Waals surface area (Å²) in [5, 5.41) is 2.96. The van der Waals surface area contributed by atoms with Gasteiger partial charge in [0.1, 0.15) is 5.75 Å². The number of nitrogens with zero attached hydrogens (tertiary/aromatic N) is 1. The van der Waals surface area contributed by atoms with E-state index in [9.17, 15) is 9.59 Å². The van der Waals surface area contributed by atoms with Crippen molar-refractivity contribution in [1.29, 1.82) is 0 Å². The predicted molar refractivity (Wildman–Crippen MR) is 110 cm³/mol. The normalized spacial score (nSPS) is 14.5. The SMILES string of the molecule is Cc1cccc(OCCCC(=O)N2CCC(C(=O)Nc3ccccc3)CC2)c1. The van der Waals surface area contributed by atoms with Gasteiger partial charge in [-0.2, -0.15) is 0 Å². The number of nitrogens with one attached hydrogen (secondary N) is 1. The molecule has 0 bridgehead atoms. The zero-order valence-corrected chi connectivity index (χ0v) is 16.4. The lowest BCUT2D eigenvalue weighted by Gasteiger charge is -2.31. The molecular formula is C23H28N2O3. The molecule has 0 unspecified atom stereocenters. The van der Waals surface area contributed by atoms with Gasteiger partial charge in [-0.15, -0.1) is 0 Å². The lowest BCUT2D eigenvalue weighted by atomic mass is 9.95. The maximum atomic E-state index is 12.4. The van der Waals surface area contributed by atoms with Crippen molar-refractivity contribution >= 4 is 17.5 Å². The van der Waals surface area contributed by atoms with Crippen molar-refractivity contribution in [2.75, 3.05) is 25.0 Å². The van der Waals surface area contributed by atoms with Crippen molar-refractivity contribution in [2.45, 2.75) is 32.6 Å². The van der Waals surface area contributed by atoms with Crippen LogP contribution in [0.25, 0.3) is 0 Å². The Bertz CT molecular complexity index is 783. The Labute approximate surface area is 166 Å². The Kier molecular flexibility index (Phi) is 7.06. The van der Waals surface area contributed by atoms with Crippen molar-refractivity contribution in [1.82, 2.24) is 4.90 Å². The molecule has 2 aromatic rings. The van der Waals surface area contributed by atoms with Crippen LogP contribution in [-0.4, -0.2) is 36.4 Å². The molecule has 1 heterocycles. The number of anilines is 1. The third kappa shape index (κ3) is 5.84. The first-order chi connectivity index (χ1) is 13.6. The van der Waals surface area contributed by atoms with Crippen LogP contribution in [0.2, 0.25) is 0 Å². The van der Waals surface area contributed by atoms with E-state index in [0.717, 1.165) is 17.0 Å². The quantitative estimate of drug-likeness (QED) is 0.738. The lowest BCUT2D eigenvalue weighted by molar-refractivity contribution is -0.134. The summed E-state index contributed by atoms with van der Waals surface area (Å²) < 4.78 is 5.71. The van der Waals surface area contributed by atoms with E-state index in [1.807, 2.05) is 66.4 Å². The molecule has 1 aliphatic heterocycles. The first kappa shape index (κ1) is 19.9. The number of hydrogen-bond donors (Lipinski definition) is 1. The first-order valence-electron chi connectivity index (χ1n) is 9.95. The molecule has 5 heteroatoms. The van der Waals surface area contributed by atoms with Gasteiger partial charge in [-0.3, -0.25) is 9.59 Å². The molecule has 148 valence electrons. The predicted octanol–water partition coefficient (Wildman–Crippen LogP) is 4.03. The minimum Gasteiger partial charge on any atom is -0.494 e. The molecule has 1 fully saturated rings. The van der Waals surface area contributed by atoms with Crippen LogP contribution in [-0.2, 0) is 9.59 Å². The van der Waals surface area contributed by atoms with Crippen LogP contribution in [0, 0.1) is 12.8 Å². The summed E-state index contributed by atoms with van der Waals surface area (Å²) in [7, 11) is 0. The number of carbonyl (C=O) groups excluding carboxylic acids is 2. The fourth-order valence-corrected chi connectivity index (χ4v) is 3.43. The zero-order valence-electron chi connectivity index (χ0n) is 16.4. The maximum Gasteiger partial charge on any atom is 0.227 e. The summed E-state index contributed by atoms with van der Waals surface area (Å²) in [5.74, 6) is 1.01. The van der Waals surface area contributed by atoms with Crippen molar-refractivity contribution in [3.8, 4) is 5.75 Å². The Balaban J connectivity index is 1.35. The Hall–Kier alpha value is -2.82. The fourth-order valence-electron chi connectivity index (χ4n) is 3.43. The van der Waals surface area contributed by atoms with E-state index < -0.39 is 0 Å². The number of carbonyl (C=O) groups is 2. The molecule has 1 saturated heterocycles. The van der Waals surface area contributed by atoms with Crippen LogP contribution in [0.4, 0.5) is 5.69 Å². The fraction of sp³-hybridized carbons (Fsp3) is 0.391. The average molecular weight is 380 g/mol. The molecule has 0 aromatic heterocycles. The van der Waals surface area contributed by atoms with Crippen molar-refractivity contribution in [2.24, 2.45) is 5.92 Å². The minimum absolute atomic E-state index is 0.0334. The summed E-state index contributed by atoms with van der Waals surface area (Å²) in [5.41, 5.74) is 1.98. The number of hydrogen-bond acceptors (Lipinski definition) is 3. The van der Waals surface area contributed by atoms with Gasteiger partial charge in [0.05, 0.1) is 6.61 Å². The summed E-state index contributed by atoms with van der Waals surface area (Å²) >= 11 is 0. The van der Waals surface area contributed by atoms with Crippen molar-refractivity contribution in [3.05, 3.63) is 60.2 Å². The Morgan fingerprint density at radius 1 is 1.07 bits per heavy atom. The van der Waals surface area contributed by atoms with Gasteiger partial charge >= 0.3 is 0 Å². The standard InChI is InChI=1S/C23H28N2O3/c1-18-7-5-10-21(17-18)28-16-6-11-22(26)25-14-12-19(13-15-25)23(27)24-20-8-3-2-4-9-20/h2-5,7-10,17,19H,6,11-16H2,1H3,(H,24,27). The molecule has 1 aliphatic rings.